The summed E-state index contributed by atoms with van der Waals surface area (Å²) in [4.78, 5) is 21.6. The summed E-state index contributed by atoms with van der Waals surface area (Å²) in [6.07, 6.45) is 4.01. The van der Waals surface area contributed by atoms with Gasteiger partial charge in [-0.3, -0.25) is 4.99 Å². The molecule has 2 saturated heterocycles. The van der Waals surface area contributed by atoms with E-state index in [9.17, 15) is 4.79 Å². The number of aliphatic imine (C=N–C) groups is 1. The van der Waals surface area contributed by atoms with Crippen molar-refractivity contribution in [2.75, 3.05) is 33.2 Å². The Balaban J connectivity index is 2.18. The highest BCUT2D eigenvalue weighted by Gasteiger charge is 2.28. The van der Waals surface area contributed by atoms with Gasteiger partial charge in [0, 0.05) is 56.1 Å². The monoisotopic (exact) mass is 363 g/mol. The molecule has 26 heavy (non-hydrogen) atoms. The number of likely N-dealkylation sites (tertiary alicyclic amines) is 2. The second-order valence-corrected chi connectivity index (χ2v) is 7.91. The van der Waals surface area contributed by atoms with Crippen LogP contribution >= 0.6 is 0 Å². The van der Waals surface area contributed by atoms with Crippen molar-refractivity contribution in [3.05, 3.63) is 11.3 Å². The molecule has 0 radical (unpaired) electrons. The highest BCUT2D eigenvalue weighted by atomic mass is 16.2. The number of nitrogens with two attached hydrogens (primary N) is 1. The van der Waals surface area contributed by atoms with Gasteiger partial charge in [-0.15, -0.1) is 0 Å². The van der Waals surface area contributed by atoms with Crippen LogP contribution in [0.4, 0.5) is 4.79 Å². The third kappa shape index (κ3) is 5.00. The first-order valence-corrected chi connectivity index (χ1v) is 10.1. The van der Waals surface area contributed by atoms with Crippen LogP contribution in [0.25, 0.3) is 0 Å². The molecule has 2 aliphatic rings. The van der Waals surface area contributed by atoms with E-state index in [0.29, 0.717) is 31.1 Å². The molecule has 2 aliphatic heterocycles. The first-order chi connectivity index (χ1) is 12.4. The average molecular weight is 364 g/mol. The Morgan fingerprint density at radius 1 is 1.27 bits per heavy atom. The zero-order valence-electron chi connectivity index (χ0n) is 17.2. The Morgan fingerprint density at radius 3 is 2.46 bits per heavy atom. The summed E-state index contributed by atoms with van der Waals surface area (Å²) < 4.78 is 0. The van der Waals surface area contributed by atoms with Crippen LogP contribution in [0.1, 0.15) is 53.4 Å². The minimum Gasteiger partial charge on any atom is -0.401 e. The first kappa shape index (κ1) is 20.7. The lowest BCUT2D eigenvalue weighted by Crippen LogP contribution is -2.46. The topological polar surface area (TPSA) is 74.0 Å². The Labute approximate surface area is 158 Å². The maximum absolute atomic E-state index is 12.1. The molecule has 148 valence electrons. The Hall–Kier alpha value is -1.56. The second kappa shape index (κ2) is 9.40. The molecule has 0 aliphatic carbocycles. The van der Waals surface area contributed by atoms with E-state index in [1.807, 2.05) is 4.90 Å². The third-order valence-corrected chi connectivity index (χ3v) is 5.88. The summed E-state index contributed by atoms with van der Waals surface area (Å²) >= 11 is 0. The highest BCUT2D eigenvalue weighted by molar-refractivity contribution is 6.03. The molecule has 2 heterocycles. The Morgan fingerprint density at radius 2 is 1.92 bits per heavy atom. The fourth-order valence-corrected chi connectivity index (χ4v) is 3.75. The smallest absolute Gasteiger partial charge is 0.317 e. The number of piperidine rings is 2. The predicted molar refractivity (Wildman–Crippen MR) is 108 cm³/mol. The fourth-order valence-electron chi connectivity index (χ4n) is 3.75. The van der Waals surface area contributed by atoms with Crippen LogP contribution in [0.3, 0.4) is 0 Å². The number of carbonyl (C=O) groups excluding carboxylic acids is 1. The summed E-state index contributed by atoms with van der Waals surface area (Å²) in [6, 6.07) is 0.950. The van der Waals surface area contributed by atoms with Gasteiger partial charge < -0.3 is 20.9 Å². The van der Waals surface area contributed by atoms with Crippen molar-refractivity contribution < 1.29 is 4.79 Å². The van der Waals surface area contributed by atoms with Gasteiger partial charge in [-0.25, -0.2) is 4.79 Å². The van der Waals surface area contributed by atoms with Crippen LogP contribution < -0.4 is 11.1 Å². The van der Waals surface area contributed by atoms with Gasteiger partial charge in [0.25, 0.3) is 0 Å². The number of carbonyl (C=O) groups is 1. The molecule has 1 atom stereocenters. The number of rotatable bonds is 4. The van der Waals surface area contributed by atoms with E-state index < -0.39 is 0 Å². The number of nitrogens with zero attached hydrogens (tertiary/aromatic N) is 3. The average Bonchev–Trinajstić information content (AvgIpc) is 2.66. The zero-order chi connectivity index (χ0) is 19.3. The van der Waals surface area contributed by atoms with E-state index in [0.717, 1.165) is 55.8 Å². The van der Waals surface area contributed by atoms with Crippen LogP contribution in [-0.4, -0.2) is 66.9 Å². The standard InChI is InChI=1S/C20H37N5O/c1-6-15(4)19(21)17-13-25(20(26)22-5)12-9-18(17)23-16-7-10-24(11-8-16)14(2)3/h14-16H,6-13,21H2,1-5H3,(H,22,26)/b19-17-,23-18?/t15-/m1/s1. The largest absolute Gasteiger partial charge is 0.401 e. The SMILES string of the molecule is CC[C@@H](C)/C(N)=C1\CN(C(=O)NC)CCC1=NC1CCN(C(C)C)CC1. The molecule has 6 heteroatoms. The summed E-state index contributed by atoms with van der Waals surface area (Å²) in [6.45, 7) is 12.3. The van der Waals surface area contributed by atoms with Crippen LogP contribution in [0.15, 0.2) is 16.3 Å². The molecule has 2 fully saturated rings. The van der Waals surface area contributed by atoms with Crippen LogP contribution in [0.2, 0.25) is 0 Å². The molecule has 2 amide bonds. The lowest BCUT2D eigenvalue weighted by Gasteiger charge is -2.35. The van der Waals surface area contributed by atoms with Crippen molar-refractivity contribution in [1.82, 2.24) is 15.1 Å². The van der Waals surface area contributed by atoms with Crippen molar-refractivity contribution in [2.24, 2.45) is 16.6 Å². The van der Waals surface area contributed by atoms with E-state index in [4.69, 9.17) is 10.7 Å². The van der Waals surface area contributed by atoms with Gasteiger partial charge in [0.15, 0.2) is 0 Å². The number of amides is 2. The van der Waals surface area contributed by atoms with E-state index in [1.54, 1.807) is 7.05 Å². The molecule has 0 aromatic carbocycles. The summed E-state index contributed by atoms with van der Waals surface area (Å²) in [5, 5.41) is 2.73. The number of hydrogen-bond donors (Lipinski definition) is 2. The number of hydrogen-bond acceptors (Lipinski definition) is 4. The number of nitrogens with one attached hydrogen (secondary N) is 1. The molecule has 0 saturated carbocycles. The second-order valence-electron chi connectivity index (χ2n) is 7.91. The van der Waals surface area contributed by atoms with E-state index in [-0.39, 0.29) is 6.03 Å². The molecule has 2 rings (SSSR count). The summed E-state index contributed by atoms with van der Waals surface area (Å²) in [7, 11) is 1.68. The Bertz CT molecular complexity index is 546. The molecule has 6 nitrogen and oxygen atoms in total. The van der Waals surface area contributed by atoms with Gasteiger partial charge in [-0.2, -0.15) is 0 Å². The normalized spacial score (nSPS) is 24.8. The summed E-state index contributed by atoms with van der Waals surface area (Å²) in [5.41, 5.74) is 9.61. The van der Waals surface area contributed by atoms with Crippen LogP contribution in [-0.2, 0) is 0 Å². The van der Waals surface area contributed by atoms with Crippen molar-refractivity contribution in [3.63, 3.8) is 0 Å². The number of urea groups is 1. The van der Waals surface area contributed by atoms with Gasteiger partial charge in [0.2, 0.25) is 0 Å². The highest BCUT2D eigenvalue weighted by Crippen LogP contribution is 2.24. The van der Waals surface area contributed by atoms with Gasteiger partial charge in [0.05, 0.1) is 12.6 Å². The van der Waals surface area contributed by atoms with E-state index >= 15 is 0 Å². The Kier molecular flexibility index (Phi) is 7.50. The predicted octanol–water partition coefficient (Wildman–Crippen LogP) is 2.60. The van der Waals surface area contributed by atoms with Crippen LogP contribution in [0.5, 0.6) is 0 Å². The molecular weight excluding hydrogens is 326 g/mol. The number of allylic oxidation sites excluding steroid dienone is 1. The fraction of sp³-hybridized carbons (Fsp3) is 0.800. The molecule has 3 N–H and O–H groups in total. The van der Waals surface area contributed by atoms with Gasteiger partial charge in [0.1, 0.15) is 0 Å². The molecule has 0 unspecified atom stereocenters. The molecule has 0 spiro atoms. The quantitative estimate of drug-likeness (QED) is 0.806. The molecule has 0 aromatic rings. The van der Waals surface area contributed by atoms with E-state index in [1.165, 1.54) is 0 Å². The van der Waals surface area contributed by atoms with Crippen molar-refractivity contribution in [1.29, 1.82) is 0 Å². The van der Waals surface area contributed by atoms with Crippen LogP contribution in [0, 0.1) is 5.92 Å². The van der Waals surface area contributed by atoms with Gasteiger partial charge >= 0.3 is 6.03 Å². The van der Waals surface area contributed by atoms with Crippen molar-refractivity contribution in [2.45, 2.75) is 65.5 Å². The first-order valence-electron chi connectivity index (χ1n) is 10.1. The van der Waals surface area contributed by atoms with Crippen molar-refractivity contribution >= 4 is 11.7 Å². The zero-order valence-corrected chi connectivity index (χ0v) is 17.2. The maximum atomic E-state index is 12.1. The van der Waals surface area contributed by atoms with E-state index in [2.05, 4.69) is 37.9 Å². The third-order valence-electron chi connectivity index (χ3n) is 5.88. The van der Waals surface area contributed by atoms with Gasteiger partial charge in [-0.05, 0) is 39.0 Å². The van der Waals surface area contributed by atoms with Crippen molar-refractivity contribution in [3.8, 4) is 0 Å². The summed E-state index contributed by atoms with van der Waals surface area (Å²) in [5.74, 6) is 0.308. The lowest BCUT2D eigenvalue weighted by molar-refractivity contribution is 0.173. The van der Waals surface area contributed by atoms with Gasteiger partial charge in [-0.1, -0.05) is 13.8 Å². The maximum Gasteiger partial charge on any atom is 0.317 e. The molecular formula is C20H37N5O. The lowest BCUT2D eigenvalue weighted by atomic mass is 9.93. The molecule has 0 bridgehead atoms. The minimum atomic E-state index is -0.0382. The molecule has 0 aromatic heterocycles. The minimum absolute atomic E-state index is 0.0382.